The zero-order valence-corrected chi connectivity index (χ0v) is 17.3. The van der Waals surface area contributed by atoms with E-state index in [0.29, 0.717) is 30.0 Å². The maximum Gasteiger partial charge on any atom is 0.137 e. The Labute approximate surface area is 160 Å². The van der Waals surface area contributed by atoms with Crippen LogP contribution in [0.2, 0.25) is 0 Å². The van der Waals surface area contributed by atoms with Crippen LogP contribution in [0.25, 0.3) is 0 Å². The normalized spacial score (nSPS) is 46.2. The molecule has 0 bridgehead atoms. The first kappa shape index (κ1) is 21.2. The van der Waals surface area contributed by atoms with Crippen molar-refractivity contribution in [1.82, 2.24) is 0 Å². The number of carbonyl (C=O) groups is 2. The summed E-state index contributed by atoms with van der Waals surface area (Å²) in [5, 5.41) is 0. The fraction of sp³-hybridized carbons (Fsp3) is 0.833. The molecule has 26 heavy (non-hydrogen) atoms. The fourth-order valence-corrected chi connectivity index (χ4v) is 7.37. The predicted octanol–water partition coefficient (Wildman–Crippen LogP) is 5.69. The van der Waals surface area contributed by atoms with E-state index in [1.807, 2.05) is 13.8 Å². The van der Waals surface area contributed by atoms with Gasteiger partial charge in [0.15, 0.2) is 0 Å². The van der Waals surface area contributed by atoms with Gasteiger partial charge in [0, 0.05) is 18.3 Å². The van der Waals surface area contributed by atoms with Gasteiger partial charge in [-0.05, 0) is 67.1 Å². The smallest absolute Gasteiger partial charge is 0.137 e. The minimum Gasteiger partial charge on any atom is -0.303 e. The van der Waals surface area contributed by atoms with Gasteiger partial charge >= 0.3 is 0 Å². The van der Waals surface area contributed by atoms with E-state index in [1.165, 1.54) is 44.9 Å². The molecule has 0 spiro atoms. The van der Waals surface area contributed by atoms with Crippen molar-refractivity contribution in [2.75, 3.05) is 0 Å². The molecule has 0 aliphatic heterocycles. The van der Waals surface area contributed by atoms with Crippen LogP contribution in [0.15, 0.2) is 0 Å². The van der Waals surface area contributed by atoms with Crippen LogP contribution in [0.1, 0.15) is 85.5 Å². The molecular formula is C24H38O2. The van der Waals surface area contributed by atoms with Crippen molar-refractivity contribution in [3.8, 4) is 12.8 Å². The quantitative estimate of drug-likeness (QED) is 0.446. The van der Waals surface area contributed by atoms with Crippen LogP contribution in [-0.2, 0) is 9.59 Å². The molecular weight excluding hydrogens is 320 g/mol. The Balaban J connectivity index is 0.000000570. The lowest BCUT2D eigenvalue weighted by Crippen LogP contribution is -2.56. The number of rotatable bonds is 1. The molecule has 0 radical (unpaired) electrons. The number of terminal acetylenes is 1. The van der Waals surface area contributed by atoms with Gasteiger partial charge < -0.3 is 4.79 Å². The van der Waals surface area contributed by atoms with Gasteiger partial charge in [-0.1, -0.05) is 40.5 Å². The number of hydrogen-bond acceptors (Lipinski definition) is 2. The highest BCUT2D eigenvalue weighted by molar-refractivity contribution is 5.85. The largest absolute Gasteiger partial charge is 0.303 e. The summed E-state index contributed by atoms with van der Waals surface area (Å²) < 4.78 is 0. The summed E-state index contributed by atoms with van der Waals surface area (Å²) in [5.74, 6) is 2.89. The third-order valence-electron chi connectivity index (χ3n) is 8.50. The highest BCUT2D eigenvalue weighted by Gasteiger charge is 2.62. The molecule has 0 N–H and O–H groups in total. The van der Waals surface area contributed by atoms with E-state index in [0.717, 1.165) is 18.6 Å². The van der Waals surface area contributed by atoms with E-state index in [1.54, 1.807) is 0 Å². The summed E-state index contributed by atoms with van der Waals surface area (Å²) in [6.45, 7) is 8.67. The molecule has 146 valence electrons. The van der Waals surface area contributed by atoms with Crippen LogP contribution < -0.4 is 0 Å². The number of hydrogen-bond donors (Lipinski definition) is 0. The summed E-state index contributed by atoms with van der Waals surface area (Å²) in [4.78, 5) is 24.7. The molecule has 0 heterocycles. The molecule has 7 atom stereocenters. The van der Waals surface area contributed by atoms with Crippen LogP contribution in [0.4, 0.5) is 0 Å². The Hall–Kier alpha value is -1.10. The second kappa shape index (κ2) is 8.28. The maximum absolute atomic E-state index is 13.2. The highest BCUT2D eigenvalue weighted by atomic mass is 16.1. The predicted molar refractivity (Wildman–Crippen MR) is 108 cm³/mol. The van der Waals surface area contributed by atoms with Gasteiger partial charge in [-0.25, -0.2) is 0 Å². The third kappa shape index (κ3) is 3.06. The first-order valence-electron chi connectivity index (χ1n) is 10.8. The molecule has 0 aromatic heterocycles. The van der Waals surface area contributed by atoms with Crippen LogP contribution in [0.3, 0.4) is 0 Å². The van der Waals surface area contributed by atoms with Gasteiger partial charge in [0.2, 0.25) is 0 Å². The summed E-state index contributed by atoms with van der Waals surface area (Å²) >= 11 is 0. The van der Waals surface area contributed by atoms with E-state index < -0.39 is 0 Å². The molecule has 4 unspecified atom stereocenters. The maximum atomic E-state index is 13.2. The topological polar surface area (TPSA) is 34.1 Å². The Bertz CT molecular complexity index is 536. The van der Waals surface area contributed by atoms with Gasteiger partial charge in [-0.2, -0.15) is 0 Å². The van der Waals surface area contributed by atoms with E-state index in [9.17, 15) is 9.59 Å². The van der Waals surface area contributed by atoms with Crippen molar-refractivity contribution in [3.05, 3.63) is 0 Å². The monoisotopic (exact) mass is 358 g/mol. The number of fused-ring (bicyclic) bond motifs is 5. The lowest BCUT2D eigenvalue weighted by molar-refractivity contribution is -0.157. The van der Waals surface area contributed by atoms with Crippen molar-refractivity contribution < 1.29 is 9.59 Å². The van der Waals surface area contributed by atoms with Gasteiger partial charge in [0.05, 0.1) is 0 Å². The summed E-state index contributed by atoms with van der Waals surface area (Å²) in [6, 6.07) is 0. The molecule has 2 heteroatoms. The molecule has 4 aliphatic carbocycles. The molecule has 0 aromatic rings. The molecule has 4 fully saturated rings. The number of aldehydes is 1. The van der Waals surface area contributed by atoms with Crippen molar-refractivity contribution in [2.24, 2.45) is 40.4 Å². The highest BCUT2D eigenvalue weighted by Crippen LogP contribution is 2.66. The Kier molecular flexibility index (Phi) is 6.75. The third-order valence-corrected chi connectivity index (χ3v) is 8.50. The molecule has 0 amide bonds. The number of ketones is 1. The average Bonchev–Trinajstić information content (AvgIpc) is 2.99. The second-order valence-electron chi connectivity index (χ2n) is 9.24. The summed E-state index contributed by atoms with van der Waals surface area (Å²) in [6.07, 6.45) is 19.8. The van der Waals surface area contributed by atoms with Crippen molar-refractivity contribution >= 4 is 12.1 Å². The van der Waals surface area contributed by atoms with E-state index in [2.05, 4.69) is 26.7 Å². The van der Waals surface area contributed by atoms with Crippen molar-refractivity contribution in [3.63, 3.8) is 0 Å². The van der Waals surface area contributed by atoms with Gasteiger partial charge in [0.25, 0.3) is 0 Å². The zero-order chi connectivity index (χ0) is 19.5. The zero-order valence-electron chi connectivity index (χ0n) is 17.3. The average molecular weight is 359 g/mol. The molecule has 4 rings (SSSR count). The Morgan fingerprint density at radius 1 is 0.962 bits per heavy atom. The van der Waals surface area contributed by atoms with E-state index in [-0.39, 0.29) is 16.7 Å². The minimum atomic E-state index is -0.0299. The SMILES string of the molecule is C#C.CC.C[C@]12CCCCC1CCC1C2C(=O)C[C@@]2(C)C1CC[C@@H]2C=O. The first-order chi connectivity index (χ1) is 12.5. The van der Waals surface area contributed by atoms with E-state index >= 15 is 0 Å². The fourth-order valence-electron chi connectivity index (χ4n) is 7.37. The molecule has 0 saturated heterocycles. The van der Waals surface area contributed by atoms with Crippen molar-refractivity contribution in [1.29, 1.82) is 0 Å². The van der Waals surface area contributed by atoms with Gasteiger partial charge in [0.1, 0.15) is 12.1 Å². The van der Waals surface area contributed by atoms with Crippen LogP contribution in [0, 0.1) is 53.3 Å². The Morgan fingerprint density at radius 3 is 2.31 bits per heavy atom. The summed E-state index contributed by atoms with van der Waals surface area (Å²) in [5.41, 5.74) is 0.233. The lowest BCUT2D eigenvalue weighted by Gasteiger charge is -2.59. The number of Topliss-reactive ketones (excluding diaryl/α,β-unsaturated/α-hetero) is 1. The molecule has 4 aliphatic rings. The van der Waals surface area contributed by atoms with Crippen LogP contribution in [-0.4, -0.2) is 12.1 Å². The lowest BCUT2D eigenvalue weighted by atomic mass is 9.44. The standard InChI is InChI=1S/C20H30O2.C2H6.C2H2/c1-19-10-4-3-5-13(19)6-8-15-16-9-7-14(12-21)20(16,2)11-17(22)18(15)19;2*1-2/h12-16,18H,3-11H2,1-2H3;1-2H3;1-2H/t13?,14-,15?,16?,18?,19+,20-;;/m1../s1. The first-order valence-corrected chi connectivity index (χ1v) is 10.8. The van der Waals surface area contributed by atoms with Crippen LogP contribution in [0.5, 0.6) is 0 Å². The number of carbonyl (C=O) groups excluding carboxylic acids is 2. The second-order valence-corrected chi connectivity index (χ2v) is 9.24. The molecule has 0 aromatic carbocycles. The van der Waals surface area contributed by atoms with Crippen molar-refractivity contribution in [2.45, 2.75) is 85.5 Å². The van der Waals surface area contributed by atoms with E-state index in [4.69, 9.17) is 0 Å². The molecule has 2 nitrogen and oxygen atoms in total. The van der Waals surface area contributed by atoms with Gasteiger partial charge in [-0.3, -0.25) is 4.79 Å². The minimum absolute atomic E-state index is 0.0299. The summed E-state index contributed by atoms with van der Waals surface area (Å²) in [7, 11) is 0. The molecule has 4 saturated carbocycles. The van der Waals surface area contributed by atoms with Gasteiger partial charge in [-0.15, -0.1) is 12.8 Å². The van der Waals surface area contributed by atoms with Crippen LogP contribution >= 0.6 is 0 Å². The Morgan fingerprint density at radius 2 is 1.65 bits per heavy atom.